The summed E-state index contributed by atoms with van der Waals surface area (Å²) in [5.74, 6) is -0.852. The fourth-order valence-electron chi connectivity index (χ4n) is 0.987. The van der Waals surface area contributed by atoms with Crippen molar-refractivity contribution in [3.8, 4) is 5.75 Å². The van der Waals surface area contributed by atoms with Crippen molar-refractivity contribution in [2.24, 2.45) is 0 Å². The molecule has 0 radical (unpaired) electrons. The number of benzene rings is 1. The third-order valence-electron chi connectivity index (χ3n) is 1.60. The first-order chi connectivity index (χ1) is 6.16. The van der Waals surface area contributed by atoms with Gasteiger partial charge in [0, 0.05) is 0 Å². The van der Waals surface area contributed by atoms with Crippen molar-refractivity contribution in [3.63, 3.8) is 0 Å². The first kappa shape index (κ1) is 9.58. The van der Waals surface area contributed by atoms with Crippen molar-refractivity contribution in [1.29, 1.82) is 0 Å². The molecule has 0 fully saturated rings. The number of halogens is 1. The van der Waals surface area contributed by atoms with Crippen LogP contribution in [0.25, 0.3) is 5.76 Å². The minimum Gasteiger partial charge on any atom is -0.505 e. The maximum absolute atomic E-state index is 13.2. The first-order valence-electron chi connectivity index (χ1n) is 3.96. The molecule has 1 aromatic rings. The van der Waals surface area contributed by atoms with E-state index in [-0.39, 0.29) is 11.3 Å². The Hall–Kier alpha value is -1.51. The van der Waals surface area contributed by atoms with E-state index < -0.39 is 11.6 Å². The van der Waals surface area contributed by atoms with Gasteiger partial charge in [0.1, 0.15) is 5.76 Å². The topological polar surface area (TPSA) is 29.5 Å². The summed E-state index contributed by atoms with van der Waals surface area (Å²) in [4.78, 5) is 0. The number of phenols is 1. The molecule has 0 bridgehead atoms. The highest BCUT2D eigenvalue weighted by atomic mass is 19.1. The Labute approximate surface area is 76.3 Å². The summed E-state index contributed by atoms with van der Waals surface area (Å²) >= 11 is 0. The Bertz CT molecular complexity index is 321. The fourth-order valence-corrected chi connectivity index (χ4v) is 0.987. The zero-order valence-corrected chi connectivity index (χ0v) is 7.38. The highest BCUT2D eigenvalue weighted by Crippen LogP contribution is 2.24. The molecule has 0 amide bonds. The summed E-state index contributed by atoms with van der Waals surface area (Å²) in [6, 6.07) is 4.32. The van der Waals surface area contributed by atoms with Gasteiger partial charge in [-0.05, 0) is 19.1 Å². The number of rotatable bonds is 3. The Morgan fingerprint density at radius 1 is 1.62 bits per heavy atom. The molecule has 0 saturated carbocycles. The summed E-state index contributed by atoms with van der Waals surface area (Å²) in [7, 11) is 0. The molecule has 1 rings (SSSR count). The average Bonchev–Trinajstić information content (AvgIpc) is 2.10. The lowest BCUT2D eigenvalue weighted by molar-refractivity contribution is 0.296. The summed E-state index contributed by atoms with van der Waals surface area (Å²) in [5, 5.41) is 9.05. The predicted molar refractivity (Wildman–Crippen MR) is 48.7 cm³/mol. The summed E-state index contributed by atoms with van der Waals surface area (Å²) in [5.41, 5.74) is 0.196. The minimum absolute atomic E-state index is 0.196. The van der Waals surface area contributed by atoms with Crippen LogP contribution >= 0.6 is 0 Å². The van der Waals surface area contributed by atoms with Gasteiger partial charge >= 0.3 is 0 Å². The summed E-state index contributed by atoms with van der Waals surface area (Å²) in [6.07, 6.45) is 0. The van der Waals surface area contributed by atoms with E-state index in [2.05, 4.69) is 6.58 Å². The lowest BCUT2D eigenvalue weighted by Gasteiger charge is -2.08. The van der Waals surface area contributed by atoms with Gasteiger partial charge in [-0.2, -0.15) is 0 Å². The number of phenolic OH excluding ortho intramolecular Hbond substituents is 1. The molecule has 0 atom stereocenters. The second-order valence-electron chi connectivity index (χ2n) is 2.49. The third-order valence-corrected chi connectivity index (χ3v) is 1.60. The van der Waals surface area contributed by atoms with E-state index in [0.29, 0.717) is 6.61 Å². The maximum Gasteiger partial charge on any atom is 0.175 e. The molecule has 0 aliphatic carbocycles. The van der Waals surface area contributed by atoms with Crippen molar-refractivity contribution in [3.05, 3.63) is 36.2 Å². The summed E-state index contributed by atoms with van der Waals surface area (Å²) < 4.78 is 18.2. The number of aromatic hydroxyl groups is 1. The quantitative estimate of drug-likeness (QED) is 0.728. The molecule has 0 aromatic heterocycles. The molecule has 0 aliphatic heterocycles. The Balaban J connectivity index is 3.01. The lowest BCUT2D eigenvalue weighted by Crippen LogP contribution is -1.93. The van der Waals surface area contributed by atoms with E-state index >= 15 is 0 Å². The van der Waals surface area contributed by atoms with Crippen LogP contribution in [0.2, 0.25) is 0 Å². The summed E-state index contributed by atoms with van der Waals surface area (Å²) in [6.45, 7) is 5.75. The molecule has 3 heteroatoms. The van der Waals surface area contributed by atoms with Crippen molar-refractivity contribution in [2.45, 2.75) is 6.92 Å². The van der Waals surface area contributed by atoms with E-state index in [9.17, 15) is 4.39 Å². The van der Waals surface area contributed by atoms with Crippen LogP contribution in [0.1, 0.15) is 12.5 Å². The van der Waals surface area contributed by atoms with Gasteiger partial charge in [-0.15, -0.1) is 0 Å². The highest BCUT2D eigenvalue weighted by molar-refractivity contribution is 5.59. The van der Waals surface area contributed by atoms with Crippen molar-refractivity contribution in [1.82, 2.24) is 0 Å². The zero-order chi connectivity index (χ0) is 9.84. The van der Waals surface area contributed by atoms with E-state index in [1.807, 2.05) is 0 Å². The van der Waals surface area contributed by atoms with Crippen molar-refractivity contribution >= 4 is 5.76 Å². The van der Waals surface area contributed by atoms with Gasteiger partial charge in [-0.25, -0.2) is 4.39 Å². The van der Waals surface area contributed by atoms with Crippen LogP contribution in [0.5, 0.6) is 5.75 Å². The van der Waals surface area contributed by atoms with Crippen LogP contribution in [-0.2, 0) is 4.74 Å². The van der Waals surface area contributed by atoms with Crippen LogP contribution in [-0.4, -0.2) is 11.7 Å². The van der Waals surface area contributed by atoms with E-state index in [1.54, 1.807) is 6.92 Å². The molecular formula is C10H11FO2. The number of ether oxygens (including phenoxy) is 1. The minimum atomic E-state index is -0.694. The fraction of sp³-hybridized carbons (Fsp3) is 0.200. The van der Waals surface area contributed by atoms with Crippen LogP contribution in [0.4, 0.5) is 4.39 Å². The molecule has 2 nitrogen and oxygen atoms in total. The second kappa shape index (κ2) is 3.94. The van der Waals surface area contributed by atoms with E-state index in [4.69, 9.17) is 9.84 Å². The Morgan fingerprint density at radius 2 is 2.31 bits per heavy atom. The predicted octanol–water partition coefficient (Wildman–Crippen LogP) is 2.54. The molecule has 0 heterocycles. The van der Waals surface area contributed by atoms with E-state index in [0.717, 1.165) is 0 Å². The van der Waals surface area contributed by atoms with Gasteiger partial charge in [0.25, 0.3) is 0 Å². The standard InChI is InChI=1S/C10H11FO2/c1-3-13-7(2)8-5-4-6-9(12)10(8)11/h4-6,12H,2-3H2,1H3. The van der Waals surface area contributed by atoms with Gasteiger partial charge in [-0.3, -0.25) is 0 Å². The molecule has 13 heavy (non-hydrogen) atoms. The first-order valence-corrected chi connectivity index (χ1v) is 3.96. The number of hydrogen-bond acceptors (Lipinski definition) is 2. The van der Waals surface area contributed by atoms with Gasteiger partial charge in [-0.1, -0.05) is 12.6 Å². The smallest absolute Gasteiger partial charge is 0.175 e. The molecule has 70 valence electrons. The molecule has 0 unspecified atom stereocenters. The van der Waals surface area contributed by atoms with Crippen molar-refractivity contribution < 1.29 is 14.2 Å². The maximum atomic E-state index is 13.2. The van der Waals surface area contributed by atoms with Crippen LogP contribution in [0, 0.1) is 5.82 Å². The van der Waals surface area contributed by atoms with Crippen LogP contribution < -0.4 is 0 Å². The molecule has 0 spiro atoms. The Morgan fingerprint density at radius 3 is 2.92 bits per heavy atom. The molecule has 0 saturated heterocycles. The second-order valence-corrected chi connectivity index (χ2v) is 2.49. The molecule has 1 aromatic carbocycles. The van der Waals surface area contributed by atoms with Crippen LogP contribution in [0.3, 0.4) is 0 Å². The monoisotopic (exact) mass is 182 g/mol. The lowest BCUT2D eigenvalue weighted by atomic mass is 10.2. The van der Waals surface area contributed by atoms with Gasteiger partial charge < -0.3 is 9.84 Å². The SMILES string of the molecule is C=C(OCC)c1cccc(O)c1F. The number of hydrogen-bond donors (Lipinski definition) is 1. The molecule has 1 N–H and O–H groups in total. The van der Waals surface area contributed by atoms with Gasteiger partial charge in [0.05, 0.1) is 12.2 Å². The molecular weight excluding hydrogens is 171 g/mol. The van der Waals surface area contributed by atoms with Crippen molar-refractivity contribution in [2.75, 3.05) is 6.61 Å². The normalized spacial score (nSPS) is 9.69. The zero-order valence-electron chi connectivity index (χ0n) is 7.38. The van der Waals surface area contributed by atoms with E-state index in [1.165, 1.54) is 18.2 Å². The highest BCUT2D eigenvalue weighted by Gasteiger charge is 2.09. The third kappa shape index (κ3) is 1.99. The van der Waals surface area contributed by atoms with Gasteiger partial charge in [0.2, 0.25) is 0 Å². The Kier molecular flexibility index (Phi) is 2.90. The average molecular weight is 182 g/mol. The largest absolute Gasteiger partial charge is 0.505 e. The van der Waals surface area contributed by atoms with Gasteiger partial charge in [0.15, 0.2) is 11.6 Å². The van der Waals surface area contributed by atoms with Crippen LogP contribution in [0.15, 0.2) is 24.8 Å². The molecule has 0 aliphatic rings.